The van der Waals surface area contributed by atoms with Crippen molar-refractivity contribution in [2.45, 2.75) is 37.1 Å². The van der Waals surface area contributed by atoms with E-state index in [0.29, 0.717) is 6.54 Å². The van der Waals surface area contributed by atoms with E-state index in [-0.39, 0.29) is 5.82 Å². The molecule has 0 aliphatic heterocycles. The summed E-state index contributed by atoms with van der Waals surface area (Å²) in [5.74, 6) is -0.178. The molecule has 3 heteroatoms. The maximum Gasteiger partial charge on any atom is 0.123 e. The van der Waals surface area contributed by atoms with Crippen LogP contribution >= 0.6 is 11.8 Å². The predicted octanol–water partition coefficient (Wildman–Crippen LogP) is 4.70. The van der Waals surface area contributed by atoms with E-state index in [1.807, 2.05) is 6.07 Å². The van der Waals surface area contributed by atoms with Crippen molar-refractivity contribution in [2.24, 2.45) is 0 Å². The maximum atomic E-state index is 13.4. The molecule has 2 aromatic rings. The monoisotopic (exact) mass is 289 g/mol. The summed E-state index contributed by atoms with van der Waals surface area (Å²) in [6, 6.07) is 11.4. The maximum absolute atomic E-state index is 13.4. The number of rotatable bonds is 5. The average molecular weight is 289 g/mol. The van der Waals surface area contributed by atoms with Gasteiger partial charge in [0.25, 0.3) is 0 Å². The quantitative estimate of drug-likeness (QED) is 0.856. The molecule has 0 aromatic heterocycles. The minimum atomic E-state index is -0.178. The molecule has 1 N–H and O–H groups in total. The highest BCUT2D eigenvalue weighted by Gasteiger charge is 2.08. The molecule has 0 saturated heterocycles. The van der Waals surface area contributed by atoms with E-state index in [4.69, 9.17) is 0 Å². The summed E-state index contributed by atoms with van der Waals surface area (Å²) >= 11 is 1.71. The van der Waals surface area contributed by atoms with Gasteiger partial charge in [0.1, 0.15) is 5.82 Å². The molecule has 106 valence electrons. The first-order valence-electron chi connectivity index (χ1n) is 6.84. The normalized spacial score (nSPS) is 10.8. The van der Waals surface area contributed by atoms with Crippen molar-refractivity contribution in [3.8, 4) is 0 Å². The molecule has 0 bridgehead atoms. The summed E-state index contributed by atoms with van der Waals surface area (Å²) in [5, 5.41) is 3.26. The van der Waals surface area contributed by atoms with Crippen LogP contribution in [0.4, 0.5) is 4.39 Å². The van der Waals surface area contributed by atoms with Crippen LogP contribution in [0, 0.1) is 19.7 Å². The summed E-state index contributed by atoms with van der Waals surface area (Å²) < 4.78 is 13.4. The van der Waals surface area contributed by atoms with Gasteiger partial charge in [-0.1, -0.05) is 30.8 Å². The molecular formula is C17H20FNS. The number of hydrogen-bond donors (Lipinski definition) is 1. The number of hydrogen-bond acceptors (Lipinski definition) is 2. The minimum Gasteiger partial charge on any atom is -0.313 e. The van der Waals surface area contributed by atoms with Gasteiger partial charge in [-0.25, -0.2) is 4.39 Å². The highest BCUT2D eigenvalue weighted by Crippen LogP contribution is 2.33. The Kier molecular flexibility index (Phi) is 5.21. The summed E-state index contributed by atoms with van der Waals surface area (Å²) in [6.45, 7) is 7.82. The topological polar surface area (TPSA) is 12.0 Å². The molecule has 0 atom stereocenters. The number of aryl methyl sites for hydroxylation is 2. The van der Waals surface area contributed by atoms with Crippen molar-refractivity contribution in [2.75, 3.05) is 6.54 Å². The van der Waals surface area contributed by atoms with Crippen LogP contribution < -0.4 is 5.32 Å². The summed E-state index contributed by atoms with van der Waals surface area (Å²) in [4.78, 5) is 2.34. The van der Waals surface area contributed by atoms with Gasteiger partial charge < -0.3 is 5.32 Å². The first-order valence-corrected chi connectivity index (χ1v) is 7.66. The summed E-state index contributed by atoms with van der Waals surface area (Å²) in [7, 11) is 0. The lowest BCUT2D eigenvalue weighted by molar-refractivity contribution is 0.619. The van der Waals surface area contributed by atoms with E-state index < -0.39 is 0 Å². The SMILES string of the molecule is CCNCc1cc(F)ccc1Sc1cc(C)ccc1C. The summed E-state index contributed by atoms with van der Waals surface area (Å²) in [6.07, 6.45) is 0. The standard InChI is InChI=1S/C17H20FNS/c1-4-19-11-14-10-15(18)7-8-16(14)20-17-9-12(2)5-6-13(17)3/h5-10,19H,4,11H2,1-3H3. The van der Waals surface area contributed by atoms with E-state index in [9.17, 15) is 4.39 Å². The molecule has 1 nitrogen and oxygen atoms in total. The van der Waals surface area contributed by atoms with Gasteiger partial charge in [0, 0.05) is 16.3 Å². The van der Waals surface area contributed by atoms with Gasteiger partial charge in [-0.05, 0) is 61.3 Å². The Bertz CT molecular complexity index is 596. The van der Waals surface area contributed by atoms with Crippen molar-refractivity contribution in [1.82, 2.24) is 5.32 Å². The van der Waals surface area contributed by atoms with Gasteiger partial charge in [0.05, 0.1) is 0 Å². The van der Waals surface area contributed by atoms with Crippen molar-refractivity contribution in [3.63, 3.8) is 0 Å². The van der Waals surface area contributed by atoms with E-state index in [0.717, 1.165) is 17.0 Å². The third kappa shape index (κ3) is 3.84. The van der Waals surface area contributed by atoms with Gasteiger partial charge >= 0.3 is 0 Å². The van der Waals surface area contributed by atoms with Crippen molar-refractivity contribution in [3.05, 3.63) is 58.9 Å². The van der Waals surface area contributed by atoms with E-state index in [1.165, 1.54) is 22.1 Å². The van der Waals surface area contributed by atoms with Crippen molar-refractivity contribution >= 4 is 11.8 Å². The highest BCUT2D eigenvalue weighted by molar-refractivity contribution is 7.99. The van der Waals surface area contributed by atoms with Crippen LogP contribution in [0.3, 0.4) is 0 Å². The molecule has 2 aromatic carbocycles. The third-order valence-corrected chi connectivity index (χ3v) is 4.43. The third-order valence-electron chi connectivity index (χ3n) is 3.15. The fraction of sp³-hybridized carbons (Fsp3) is 0.294. The second kappa shape index (κ2) is 6.91. The number of benzene rings is 2. The van der Waals surface area contributed by atoms with E-state index in [1.54, 1.807) is 17.8 Å². The lowest BCUT2D eigenvalue weighted by atomic mass is 10.2. The molecule has 0 aliphatic carbocycles. The number of nitrogens with one attached hydrogen (secondary N) is 1. The molecule has 0 amide bonds. The van der Waals surface area contributed by atoms with Crippen LogP contribution in [0.15, 0.2) is 46.2 Å². The molecule has 2 rings (SSSR count). The van der Waals surface area contributed by atoms with Crippen LogP contribution in [-0.2, 0) is 6.54 Å². The Hall–Kier alpha value is -1.32. The zero-order chi connectivity index (χ0) is 14.5. The summed E-state index contributed by atoms with van der Waals surface area (Å²) in [5.41, 5.74) is 3.51. The first-order chi connectivity index (χ1) is 9.60. The molecule has 0 heterocycles. The van der Waals surface area contributed by atoms with Gasteiger partial charge in [-0.15, -0.1) is 0 Å². The van der Waals surface area contributed by atoms with Gasteiger partial charge in [-0.3, -0.25) is 0 Å². The van der Waals surface area contributed by atoms with E-state index in [2.05, 4.69) is 44.3 Å². The van der Waals surface area contributed by atoms with Crippen LogP contribution in [0.25, 0.3) is 0 Å². The minimum absolute atomic E-state index is 0.178. The lowest BCUT2D eigenvalue weighted by Crippen LogP contribution is -2.12. The lowest BCUT2D eigenvalue weighted by Gasteiger charge is -2.12. The number of halogens is 1. The van der Waals surface area contributed by atoms with Crippen LogP contribution in [0.1, 0.15) is 23.6 Å². The van der Waals surface area contributed by atoms with Gasteiger partial charge in [-0.2, -0.15) is 0 Å². The zero-order valence-corrected chi connectivity index (χ0v) is 13.0. The Balaban J connectivity index is 2.30. The van der Waals surface area contributed by atoms with Gasteiger partial charge in [0.15, 0.2) is 0 Å². The Morgan fingerprint density at radius 3 is 2.60 bits per heavy atom. The second-order valence-electron chi connectivity index (χ2n) is 4.90. The Labute approximate surface area is 124 Å². The molecule has 0 fully saturated rings. The smallest absolute Gasteiger partial charge is 0.123 e. The molecule has 20 heavy (non-hydrogen) atoms. The fourth-order valence-corrected chi connectivity index (χ4v) is 3.09. The Morgan fingerprint density at radius 1 is 1.05 bits per heavy atom. The average Bonchev–Trinajstić information content (AvgIpc) is 2.43. The van der Waals surface area contributed by atoms with E-state index >= 15 is 0 Å². The highest BCUT2D eigenvalue weighted by atomic mass is 32.2. The largest absolute Gasteiger partial charge is 0.313 e. The Morgan fingerprint density at radius 2 is 1.85 bits per heavy atom. The molecule has 0 saturated carbocycles. The zero-order valence-electron chi connectivity index (χ0n) is 12.2. The fourth-order valence-electron chi connectivity index (χ4n) is 1.98. The van der Waals surface area contributed by atoms with Crippen LogP contribution in [-0.4, -0.2) is 6.54 Å². The van der Waals surface area contributed by atoms with Crippen molar-refractivity contribution < 1.29 is 4.39 Å². The molecule has 0 unspecified atom stereocenters. The molecular weight excluding hydrogens is 269 g/mol. The molecule has 0 radical (unpaired) electrons. The van der Waals surface area contributed by atoms with Gasteiger partial charge in [0.2, 0.25) is 0 Å². The second-order valence-corrected chi connectivity index (χ2v) is 5.99. The molecule has 0 aliphatic rings. The first kappa shape index (κ1) is 15.1. The van der Waals surface area contributed by atoms with Crippen LogP contribution in [0.2, 0.25) is 0 Å². The van der Waals surface area contributed by atoms with Crippen molar-refractivity contribution in [1.29, 1.82) is 0 Å². The predicted molar refractivity (Wildman–Crippen MR) is 83.8 cm³/mol. The molecule has 0 spiro atoms. The van der Waals surface area contributed by atoms with Crippen LogP contribution in [0.5, 0.6) is 0 Å².